The number of carbonyl (C=O) groups is 1. The van der Waals surface area contributed by atoms with Crippen molar-refractivity contribution in [3.63, 3.8) is 0 Å². The summed E-state index contributed by atoms with van der Waals surface area (Å²) in [7, 11) is 0. The van der Waals surface area contributed by atoms with E-state index in [0.29, 0.717) is 18.5 Å². The minimum absolute atomic E-state index is 0.0181. The van der Waals surface area contributed by atoms with Crippen LogP contribution in [0, 0.1) is 12.3 Å². The maximum Gasteiger partial charge on any atom is 0.224 e. The lowest BCUT2D eigenvalue weighted by Gasteiger charge is -2.20. The van der Waals surface area contributed by atoms with Crippen molar-refractivity contribution >= 4 is 11.6 Å². The number of rotatable bonds is 7. The van der Waals surface area contributed by atoms with Crippen molar-refractivity contribution in [3.05, 3.63) is 23.8 Å². The topological polar surface area (TPSA) is 61.4 Å². The number of amides is 1. The summed E-state index contributed by atoms with van der Waals surface area (Å²) in [5, 5.41) is 16.2. The molecule has 1 amide bonds. The molecular formula is C17H24N2O2. The molecule has 0 aliphatic heterocycles. The van der Waals surface area contributed by atoms with Gasteiger partial charge in [-0.1, -0.05) is 6.92 Å². The molecule has 114 valence electrons. The number of nitrogens with one attached hydrogen (secondary N) is 2. The molecule has 0 heterocycles. The van der Waals surface area contributed by atoms with Gasteiger partial charge < -0.3 is 15.7 Å². The molecule has 3 N–H and O–H groups in total. The highest BCUT2D eigenvalue weighted by Crippen LogP contribution is 2.27. The van der Waals surface area contributed by atoms with Gasteiger partial charge in [0.2, 0.25) is 5.91 Å². The third-order valence-electron chi connectivity index (χ3n) is 3.21. The van der Waals surface area contributed by atoms with Crippen LogP contribution >= 0.6 is 0 Å². The monoisotopic (exact) mass is 288 g/mol. The first-order chi connectivity index (χ1) is 9.97. The predicted octanol–water partition coefficient (Wildman–Crippen LogP) is 3.19. The van der Waals surface area contributed by atoms with E-state index in [0.717, 1.165) is 12.0 Å². The highest BCUT2D eigenvalue weighted by molar-refractivity contribution is 5.90. The summed E-state index contributed by atoms with van der Waals surface area (Å²) in [6.07, 6.45) is 7.21. The number of carbonyl (C=O) groups excluding carboxylic acids is 1. The molecule has 0 aromatic heterocycles. The van der Waals surface area contributed by atoms with Gasteiger partial charge in [0.1, 0.15) is 5.75 Å². The van der Waals surface area contributed by atoms with E-state index in [-0.39, 0.29) is 23.7 Å². The Bertz CT molecular complexity index is 520. The standard InChI is InChI=1S/C17H24N2O2/c1-5-7-12(3)18-13(4)15-11-14(9-10-16(15)20)19-17(21)8-6-2/h1,9-13,18,20H,6-8H2,2-4H3,(H,19,21). The van der Waals surface area contributed by atoms with Gasteiger partial charge in [0.25, 0.3) is 0 Å². The van der Waals surface area contributed by atoms with Gasteiger partial charge in [-0.2, -0.15) is 0 Å². The molecule has 0 saturated heterocycles. The van der Waals surface area contributed by atoms with Gasteiger partial charge in [-0.15, -0.1) is 12.3 Å². The molecule has 1 aromatic carbocycles. The second-order valence-electron chi connectivity index (χ2n) is 5.27. The van der Waals surface area contributed by atoms with Crippen molar-refractivity contribution in [2.45, 2.75) is 52.1 Å². The number of benzene rings is 1. The minimum Gasteiger partial charge on any atom is -0.508 e. The van der Waals surface area contributed by atoms with Crippen LogP contribution in [-0.4, -0.2) is 17.1 Å². The van der Waals surface area contributed by atoms with E-state index in [4.69, 9.17) is 6.42 Å². The fraction of sp³-hybridized carbons (Fsp3) is 0.471. The highest BCUT2D eigenvalue weighted by atomic mass is 16.3. The molecule has 2 atom stereocenters. The summed E-state index contributed by atoms with van der Waals surface area (Å²) in [6, 6.07) is 5.19. The Morgan fingerprint density at radius 1 is 1.43 bits per heavy atom. The van der Waals surface area contributed by atoms with Gasteiger partial charge in [-0.25, -0.2) is 0 Å². The van der Waals surface area contributed by atoms with Gasteiger partial charge in [-0.05, 0) is 38.5 Å². The third-order valence-corrected chi connectivity index (χ3v) is 3.21. The van der Waals surface area contributed by atoms with Crippen LogP contribution < -0.4 is 10.6 Å². The molecule has 21 heavy (non-hydrogen) atoms. The SMILES string of the molecule is C#CCC(C)NC(C)c1cc(NC(=O)CCC)ccc1O. The molecule has 0 fully saturated rings. The van der Waals surface area contributed by atoms with Crippen molar-refractivity contribution in [2.75, 3.05) is 5.32 Å². The zero-order chi connectivity index (χ0) is 15.8. The number of phenolic OH excluding ortho intramolecular Hbond substituents is 1. The quantitative estimate of drug-likeness (QED) is 0.533. The van der Waals surface area contributed by atoms with Crippen molar-refractivity contribution < 1.29 is 9.90 Å². The lowest BCUT2D eigenvalue weighted by Crippen LogP contribution is -2.28. The zero-order valence-corrected chi connectivity index (χ0v) is 12.9. The smallest absolute Gasteiger partial charge is 0.224 e. The van der Waals surface area contributed by atoms with Crippen LogP contribution in [0.3, 0.4) is 0 Å². The maximum atomic E-state index is 11.6. The summed E-state index contributed by atoms with van der Waals surface area (Å²) in [4.78, 5) is 11.6. The van der Waals surface area contributed by atoms with Crippen LogP contribution in [-0.2, 0) is 4.79 Å². The van der Waals surface area contributed by atoms with Crippen molar-refractivity contribution in [1.82, 2.24) is 5.32 Å². The molecular weight excluding hydrogens is 264 g/mol. The highest BCUT2D eigenvalue weighted by Gasteiger charge is 2.14. The third kappa shape index (κ3) is 5.49. The number of phenols is 1. The largest absolute Gasteiger partial charge is 0.508 e. The van der Waals surface area contributed by atoms with E-state index < -0.39 is 0 Å². The lowest BCUT2D eigenvalue weighted by atomic mass is 10.0. The van der Waals surface area contributed by atoms with Gasteiger partial charge in [-0.3, -0.25) is 4.79 Å². The molecule has 0 saturated carbocycles. The Hall–Kier alpha value is -1.99. The molecule has 4 heteroatoms. The average molecular weight is 288 g/mol. The van der Waals surface area contributed by atoms with E-state index in [2.05, 4.69) is 16.6 Å². The Morgan fingerprint density at radius 2 is 2.14 bits per heavy atom. The van der Waals surface area contributed by atoms with Crippen LogP contribution in [0.1, 0.15) is 51.6 Å². The molecule has 0 aliphatic carbocycles. The van der Waals surface area contributed by atoms with Crippen molar-refractivity contribution in [2.24, 2.45) is 0 Å². The molecule has 0 aliphatic rings. The maximum absolute atomic E-state index is 11.6. The van der Waals surface area contributed by atoms with Gasteiger partial charge >= 0.3 is 0 Å². The van der Waals surface area contributed by atoms with Crippen LogP contribution in [0.25, 0.3) is 0 Å². The molecule has 1 aromatic rings. The van der Waals surface area contributed by atoms with Gasteiger partial charge in [0, 0.05) is 36.2 Å². The summed E-state index contributed by atoms with van der Waals surface area (Å²) in [5.41, 5.74) is 1.44. The molecule has 1 rings (SSSR count). The second-order valence-corrected chi connectivity index (χ2v) is 5.27. The number of anilines is 1. The second kappa shape index (κ2) is 8.33. The number of terminal acetylenes is 1. The molecule has 0 radical (unpaired) electrons. The van der Waals surface area contributed by atoms with E-state index in [9.17, 15) is 9.90 Å². The Balaban J connectivity index is 2.81. The lowest BCUT2D eigenvalue weighted by molar-refractivity contribution is -0.116. The van der Waals surface area contributed by atoms with Gasteiger partial charge in [0.05, 0.1) is 0 Å². The van der Waals surface area contributed by atoms with Crippen LogP contribution in [0.4, 0.5) is 5.69 Å². The van der Waals surface area contributed by atoms with E-state index in [1.54, 1.807) is 18.2 Å². The molecule has 2 unspecified atom stereocenters. The first kappa shape index (κ1) is 17.1. The van der Waals surface area contributed by atoms with Crippen molar-refractivity contribution in [1.29, 1.82) is 0 Å². The average Bonchev–Trinajstić information content (AvgIpc) is 2.41. The fourth-order valence-electron chi connectivity index (χ4n) is 2.18. The fourth-order valence-corrected chi connectivity index (χ4v) is 2.18. The minimum atomic E-state index is -0.0589. The van der Waals surface area contributed by atoms with Crippen LogP contribution in [0.5, 0.6) is 5.75 Å². The number of aromatic hydroxyl groups is 1. The summed E-state index contributed by atoms with van der Waals surface area (Å²) < 4.78 is 0. The Kier molecular flexibility index (Phi) is 6.77. The van der Waals surface area contributed by atoms with E-state index in [1.165, 1.54) is 0 Å². The Labute approximate surface area is 127 Å². The van der Waals surface area contributed by atoms with E-state index in [1.807, 2.05) is 20.8 Å². The first-order valence-electron chi connectivity index (χ1n) is 7.30. The zero-order valence-electron chi connectivity index (χ0n) is 12.9. The number of hydrogen-bond donors (Lipinski definition) is 3. The predicted molar refractivity (Wildman–Crippen MR) is 86.1 cm³/mol. The summed E-state index contributed by atoms with van der Waals surface area (Å²) in [6.45, 7) is 5.92. The summed E-state index contributed by atoms with van der Waals surface area (Å²) >= 11 is 0. The summed E-state index contributed by atoms with van der Waals surface area (Å²) in [5.74, 6) is 2.80. The normalized spacial score (nSPS) is 13.2. The Morgan fingerprint density at radius 3 is 2.76 bits per heavy atom. The van der Waals surface area contributed by atoms with E-state index >= 15 is 0 Å². The first-order valence-corrected chi connectivity index (χ1v) is 7.30. The molecule has 0 bridgehead atoms. The van der Waals surface area contributed by atoms with Gasteiger partial charge in [0.15, 0.2) is 0 Å². The number of hydrogen-bond acceptors (Lipinski definition) is 3. The van der Waals surface area contributed by atoms with Crippen LogP contribution in [0.2, 0.25) is 0 Å². The van der Waals surface area contributed by atoms with Crippen molar-refractivity contribution in [3.8, 4) is 18.1 Å². The molecule has 4 nitrogen and oxygen atoms in total. The molecule has 0 spiro atoms. The van der Waals surface area contributed by atoms with Crippen LogP contribution in [0.15, 0.2) is 18.2 Å².